The van der Waals surface area contributed by atoms with Gasteiger partial charge < -0.3 is 10.1 Å². The predicted octanol–water partition coefficient (Wildman–Crippen LogP) is 3.20. The van der Waals surface area contributed by atoms with Crippen LogP contribution < -0.4 is 10.1 Å². The molecule has 0 aromatic heterocycles. The summed E-state index contributed by atoms with van der Waals surface area (Å²) >= 11 is 0. The van der Waals surface area contributed by atoms with E-state index >= 15 is 0 Å². The minimum Gasteiger partial charge on any atom is -0.493 e. The van der Waals surface area contributed by atoms with Gasteiger partial charge in [0.05, 0.1) is 11.5 Å². The molecule has 1 N–H and O–H groups in total. The van der Waals surface area contributed by atoms with Gasteiger partial charge in [0.2, 0.25) is 5.91 Å². The van der Waals surface area contributed by atoms with E-state index < -0.39 is 9.84 Å². The highest BCUT2D eigenvalue weighted by Gasteiger charge is 2.09. The highest BCUT2D eigenvalue weighted by Crippen LogP contribution is 2.17. The highest BCUT2D eigenvalue weighted by atomic mass is 32.2. The van der Waals surface area contributed by atoms with Gasteiger partial charge in [-0.25, -0.2) is 8.42 Å². The molecule has 0 aliphatic carbocycles. The molecule has 2 aromatic carbocycles. The summed E-state index contributed by atoms with van der Waals surface area (Å²) in [6.45, 7) is 2.42. The summed E-state index contributed by atoms with van der Waals surface area (Å²) in [5, 5.41) is 2.71. The van der Waals surface area contributed by atoms with Gasteiger partial charge in [0.25, 0.3) is 0 Å². The van der Waals surface area contributed by atoms with Crippen molar-refractivity contribution in [2.75, 3.05) is 18.2 Å². The highest BCUT2D eigenvalue weighted by molar-refractivity contribution is 7.90. The molecule has 0 aliphatic heterocycles. The van der Waals surface area contributed by atoms with Gasteiger partial charge in [0, 0.05) is 18.4 Å². The number of hydrogen-bond acceptors (Lipinski definition) is 4. The first-order valence-corrected chi connectivity index (χ1v) is 9.54. The summed E-state index contributed by atoms with van der Waals surface area (Å²) in [5.41, 5.74) is 1.53. The molecule has 0 radical (unpaired) electrons. The van der Waals surface area contributed by atoms with Crippen molar-refractivity contribution in [1.82, 2.24) is 0 Å². The molecule has 2 rings (SSSR count). The molecule has 24 heavy (non-hydrogen) atoms. The molecule has 2 aromatic rings. The molecule has 0 bridgehead atoms. The molecule has 0 spiro atoms. The third-order valence-corrected chi connectivity index (χ3v) is 4.56. The molecule has 0 atom stereocenters. The fourth-order valence-corrected chi connectivity index (χ4v) is 2.83. The Kier molecular flexibility index (Phi) is 5.98. The quantitative estimate of drug-likeness (QED) is 0.781. The van der Waals surface area contributed by atoms with E-state index in [1.54, 1.807) is 12.1 Å². The fourth-order valence-electron chi connectivity index (χ4n) is 2.16. The van der Waals surface area contributed by atoms with Crippen LogP contribution in [0.5, 0.6) is 5.75 Å². The van der Waals surface area contributed by atoms with Gasteiger partial charge in [0.15, 0.2) is 9.84 Å². The first kappa shape index (κ1) is 18.0. The third kappa shape index (κ3) is 5.38. The van der Waals surface area contributed by atoms with Crippen molar-refractivity contribution >= 4 is 21.4 Å². The molecule has 0 heterocycles. The third-order valence-electron chi connectivity index (χ3n) is 3.45. The number of ether oxygens (including phenoxy) is 1. The molecule has 0 saturated carbocycles. The molecule has 1 amide bonds. The van der Waals surface area contributed by atoms with Crippen LogP contribution in [0.4, 0.5) is 5.69 Å². The van der Waals surface area contributed by atoms with Crippen LogP contribution in [0.25, 0.3) is 0 Å². The van der Waals surface area contributed by atoms with Crippen molar-refractivity contribution < 1.29 is 17.9 Å². The molecule has 0 saturated heterocycles. The number of sulfone groups is 1. The summed E-state index contributed by atoms with van der Waals surface area (Å²) in [4.78, 5) is 12.1. The van der Waals surface area contributed by atoms with E-state index in [-0.39, 0.29) is 10.8 Å². The monoisotopic (exact) mass is 347 g/mol. The summed E-state index contributed by atoms with van der Waals surface area (Å²) in [5.74, 6) is 0.646. The van der Waals surface area contributed by atoms with E-state index in [0.29, 0.717) is 25.1 Å². The molecular formula is C18H21NO4S. The van der Waals surface area contributed by atoms with Crippen molar-refractivity contribution in [3.8, 4) is 5.75 Å². The van der Waals surface area contributed by atoms with Crippen LogP contribution in [0.1, 0.15) is 18.4 Å². The maximum absolute atomic E-state index is 11.9. The second-order valence-electron chi connectivity index (χ2n) is 5.57. The number of nitrogens with one attached hydrogen (secondary N) is 1. The first-order valence-electron chi connectivity index (χ1n) is 7.64. The first-order chi connectivity index (χ1) is 11.4. The zero-order chi connectivity index (χ0) is 17.6. The molecule has 5 nitrogen and oxygen atoms in total. The Morgan fingerprint density at radius 3 is 2.58 bits per heavy atom. The van der Waals surface area contributed by atoms with Crippen molar-refractivity contribution in [3.63, 3.8) is 0 Å². The van der Waals surface area contributed by atoms with Crippen LogP contribution in [0, 0.1) is 6.92 Å². The van der Waals surface area contributed by atoms with Crippen LogP contribution in [-0.2, 0) is 14.6 Å². The van der Waals surface area contributed by atoms with E-state index in [2.05, 4.69) is 5.32 Å². The maximum atomic E-state index is 11.9. The number of para-hydroxylation sites is 1. The van der Waals surface area contributed by atoms with E-state index in [4.69, 9.17) is 4.74 Å². The van der Waals surface area contributed by atoms with Gasteiger partial charge in [-0.15, -0.1) is 0 Å². The van der Waals surface area contributed by atoms with Crippen LogP contribution in [-0.4, -0.2) is 27.2 Å². The number of benzene rings is 2. The minimum atomic E-state index is -3.29. The molecule has 0 aliphatic rings. The standard InChI is InChI=1S/C18H21NO4S/c1-14-7-3-4-10-17(14)23-12-6-11-18(20)19-15-8-5-9-16(13-15)24(2,21)22/h3-5,7-10,13H,6,11-12H2,1-2H3,(H,19,20). The predicted molar refractivity (Wildman–Crippen MR) is 94.1 cm³/mol. The molecule has 0 fully saturated rings. The van der Waals surface area contributed by atoms with Crippen molar-refractivity contribution in [2.24, 2.45) is 0 Å². The van der Waals surface area contributed by atoms with Gasteiger partial charge in [-0.1, -0.05) is 24.3 Å². The second-order valence-corrected chi connectivity index (χ2v) is 7.58. The zero-order valence-corrected chi connectivity index (χ0v) is 14.6. The molecule has 128 valence electrons. The van der Waals surface area contributed by atoms with E-state index in [1.807, 2.05) is 31.2 Å². The van der Waals surface area contributed by atoms with Crippen LogP contribution in [0.15, 0.2) is 53.4 Å². The van der Waals surface area contributed by atoms with Crippen LogP contribution >= 0.6 is 0 Å². The maximum Gasteiger partial charge on any atom is 0.224 e. The Bertz CT molecular complexity index is 815. The van der Waals surface area contributed by atoms with E-state index in [0.717, 1.165) is 17.6 Å². The van der Waals surface area contributed by atoms with Crippen molar-refractivity contribution in [2.45, 2.75) is 24.7 Å². The van der Waals surface area contributed by atoms with Crippen molar-refractivity contribution in [1.29, 1.82) is 0 Å². The van der Waals surface area contributed by atoms with Crippen molar-refractivity contribution in [3.05, 3.63) is 54.1 Å². The lowest BCUT2D eigenvalue weighted by atomic mass is 10.2. The average molecular weight is 347 g/mol. The van der Waals surface area contributed by atoms with Crippen LogP contribution in [0.2, 0.25) is 0 Å². The molecule has 6 heteroatoms. The Labute approximate surface area is 142 Å². The minimum absolute atomic E-state index is 0.172. The SMILES string of the molecule is Cc1ccccc1OCCCC(=O)Nc1cccc(S(C)(=O)=O)c1. The zero-order valence-electron chi connectivity index (χ0n) is 13.8. The summed E-state index contributed by atoms with van der Waals surface area (Å²) in [6, 6.07) is 13.9. The van der Waals surface area contributed by atoms with E-state index in [9.17, 15) is 13.2 Å². The largest absolute Gasteiger partial charge is 0.493 e. The Balaban J connectivity index is 1.81. The number of rotatable bonds is 7. The number of carbonyl (C=O) groups is 1. The topological polar surface area (TPSA) is 72.5 Å². The van der Waals surface area contributed by atoms with Gasteiger partial charge >= 0.3 is 0 Å². The summed E-state index contributed by atoms with van der Waals surface area (Å²) in [6.07, 6.45) is 2.01. The Morgan fingerprint density at radius 2 is 1.88 bits per heavy atom. The van der Waals surface area contributed by atoms with Gasteiger partial charge in [-0.2, -0.15) is 0 Å². The number of amides is 1. The fraction of sp³-hybridized carbons (Fsp3) is 0.278. The smallest absolute Gasteiger partial charge is 0.224 e. The molecule has 0 unspecified atom stereocenters. The lowest BCUT2D eigenvalue weighted by Crippen LogP contribution is -2.13. The Hall–Kier alpha value is -2.34. The van der Waals surface area contributed by atoms with Gasteiger partial charge in [-0.3, -0.25) is 4.79 Å². The average Bonchev–Trinajstić information content (AvgIpc) is 2.52. The van der Waals surface area contributed by atoms with Gasteiger partial charge in [-0.05, 0) is 43.2 Å². The number of aryl methyl sites for hydroxylation is 1. The normalized spacial score (nSPS) is 11.1. The van der Waals surface area contributed by atoms with Gasteiger partial charge in [0.1, 0.15) is 5.75 Å². The Morgan fingerprint density at radius 1 is 1.12 bits per heavy atom. The molecular weight excluding hydrogens is 326 g/mol. The number of anilines is 1. The summed E-state index contributed by atoms with van der Waals surface area (Å²) < 4.78 is 28.7. The van der Waals surface area contributed by atoms with E-state index in [1.165, 1.54) is 12.1 Å². The number of carbonyl (C=O) groups excluding carboxylic acids is 1. The second kappa shape index (κ2) is 7.97. The summed E-state index contributed by atoms with van der Waals surface area (Å²) in [7, 11) is -3.29. The lowest BCUT2D eigenvalue weighted by molar-refractivity contribution is -0.116. The van der Waals surface area contributed by atoms with Crippen LogP contribution in [0.3, 0.4) is 0 Å². The number of hydrogen-bond donors (Lipinski definition) is 1. The lowest BCUT2D eigenvalue weighted by Gasteiger charge is -2.09.